The molecule has 0 unspecified atom stereocenters. The highest BCUT2D eigenvalue weighted by atomic mass is 32.2. The van der Waals surface area contributed by atoms with E-state index < -0.39 is 9.84 Å². The van der Waals surface area contributed by atoms with Crippen LogP contribution in [-0.4, -0.2) is 30.4 Å². The van der Waals surface area contributed by atoms with Crippen molar-refractivity contribution in [3.63, 3.8) is 0 Å². The lowest BCUT2D eigenvalue weighted by Crippen LogP contribution is -2.22. The second-order valence-corrected chi connectivity index (χ2v) is 9.52. The molecule has 1 heterocycles. The summed E-state index contributed by atoms with van der Waals surface area (Å²) in [7, 11) is -3.33. The molecule has 1 aliphatic rings. The Labute approximate surface area is 160 Å². The highest BCUT2D eigenvalue weighted by molar-refractivity contribution is 7.90. The van der Waals surface area contributed by atoms with E-state index in [-0.39, 0.29) is 10.8 Å². The van der Waals surface area contributed by atoms with Gasteiger partial charge in [-0.3, -0.25) is 9.48 Å². The van der Waals surface area contributed by atoms with Gasteiger partial charge in [0.2, 0.25) is 0 Å². The third kappa shape index (κ3) is 4.58. The first kappa shape index (κ1) is 19.6. The van der Waals surface area contributed by atoms with E-state index in [2.05, 4.69) is 10.4 Å². The number of nitrogens with zero attached hydrogens (tertiary/aromatic N) is 2. The Morgan fingerprint density at radius 1 is 1.22 bits per heavy atom. The lowest BCUT2D eigenvalue weighted by molar-refractivity contribution is 0.101. The van der Waals surface area contributed by atoms with Gasteiger partial charge in [-0.05, 0) is 50.8 Å². The predicted molar refractivity (Wildman–Crippen MR) is 106 cm³/mol. The first-order chi connectivity index (χ1) is 12.8. The summed E-state index contributed by atoms with van der Waals surface area (Å²) in [5, 5.41) is 7.42. The van der Waals surface area contributed by atoms with E-state index in [4.69, 9.17) is 0 Å². The molecule has 7 heteroatoms. The summed E-state index contributed by atoms with van der Waals surface area (Å²) in [5.41, 5.74) is 2.73. The molecular formula is C20H27N3O3S. The summed E-state index contributed by atoms with van der Waals surface area (Å²) in [6.07, 6.45) is 7.27. The summed E-state index contributed by atoms with van der Waals surface area (Å²) < 4.78 is 25.3. The topological polar surface area (TPSA) is 81.1 Å². The number of aryl methyl sites for hydroxylation is 1. The zero-order valence-electron chi connectivity index (χ0n) is 16.2. The lowest BCUT2D eigenvalue weighted by Gasteiger charge is -2.22. The van der Waals surface area contributed by atoms with Gasteiger partial charge in [0.1, 0.15) is 5.69 Å². The van der Waals surface area contributed by atoms with E-state index in [9.17, 15) is 13.2 Å². The van der Waals surface area contributed by atoms with Crippen molar-refractivity contribution >= 4 is 21.4 Å². The molecule has 1 saturated carbocycles. The van der Waals surface area contributed by atoms with Gasteiger partial charge in [-0.2, -0.15) is 5.10 Å². The van der Waals surface area contributed by atoms with Gasteiger partial charge in [0, 0.05) is 24.1 Å². The first-order valence-corrected chi connectivity index (χ1v) is 11.3. The normalized spacial score (nSPS) is 15.7. The molecule has 146 valence electrons. The summed E-state index contributed by atoms with van der Waals surface area (Å²) in [5.74, 6) is 0.298. The van der Waals surface area contributed by atoms with Gasteiger partial charge >= 0.3 is 0 Å². The van der Waals surface area contributed by atoms with E-state index in [0.29, 0.717) is 17.3 Å². The van der Waals surface area contributed by atoms with Gasteiger partial charge in [0.15, 0.2) is 9.84 Å². The van der Waals surface area contributed by atoms with Crippen LogP contribution in [0.5, 0.6) is 0 Å². The van der Waals surface area contributed by atoms with Crippen LogP contribution in [0.25, 0.3) is 0 Å². The Kier molecular flexibility index (Phi) is 5.69. The number of carbonyl (C=O) groups excluding carboxylic acids is 1. The van der Waals surface area contributed by atoms with Gasteiger partial charge < -0.3 is 5.32 Å². The van der Waals surface area contributed by atoms with E-state index in [1.807, 2.05) is 18.5 Å². The average Bonchev–Trinajstić information content (AvgIpc) is 2.89. The SMILES string of the molecule is Cc1nn(CC2CCCCC2)c(C(=O)Nc2cccc(S(C)(=O)=O)c2)c1C. The van der Waals surface area contributed by atoms with Crippen LogP contribution in [0.1, 0.15) is 53.8 Å². The summed E-state index contributed by atoms with van der Waals surface area (Å²) in [6.45, 7) is 4.57. The number of rotatable bonds is 5. The highest BCUT2D eigenvalue weighted by Crippen LogP contribution is 2.26. The molecule has 3 rings (SSSR count). The molecule has 1 fully saturated rings. The van der Waals surface area contributed by atoms with Crippen LogP contribution in [0.4, 0.5) is 5.69 Å². The van der Waals surface area contributed by atoms with Crippen LogP contribution < -0.4 is 5.32 Å². The van der Waals surface area contributed by atoms with Crippen molar-refractivity contribution in [3.05, 3.63) is 41.2 Å². The van der Waals surface area contributed by atoms with Gasteiger partial charge in [-0.15, -0.1) is 0 Å². The summed E-state index contributed by atoms with van der Waals surface area (Å²) >= 11 is 0. The molecule has 0 atom stereocenters. The molecular weight excluding hydrogens is 362 g/mol. The quantitative estimate of drug-likeness (QED) is 0.845. The number of benzene rings is 1. The molecule has 27 heavy (non-hydrogen) atoms. The number of aromatic nitrogens is 2. The van der Waals surface area contributed by atoms with E-state index in [1.165, 1.54) is 44.2 Å². The Balaban J connectivity index is 1.84. The molecule has 0 aliphatic heterocycles. The third-order valence-corrected chi connectivity index (χ3v) is 6.43. The van der Waals surface area contributed by atoms with Gasteiger partial charge in [-0.25, -0.2) is 8.42 Å². The number of carbonyl (C=O) groups is 1. The minimum atomic E-state index is -3.33. The fourth-order valence-corrected chi connectivity index (χ4v) is 4.37. The Bertz CT molecular complexity index is 941. The molecule has 0 spiro atoms. The van der Waals surface area contributed by atoms with E-state index in [1.54, 1.807) is 12.1 Å². The molecule has 1 aromatic heterocycles. The number of sulfone groups is 1. The van der Waals surface area contributed by atoms with Crippen molar-refractivity contribution in [1.29, 1.82) is 0 Å². The van der Waals surface area contributed by atoms with Crippen LogP contribution in [0, 0.1) is 19.8 Å². The van der Waals surface area contributed by atoms with E-state index >= 15 is 0 Å². The minimum absolute atomic E-state index is 0.184. The molecule has 1 aliphatic carbocycles. The number of anilines is 1. The van der Waals surface area contributed by atoms with Crippen LogP contribution >= 0.6 is 0 Å². The largest absolute Gasteiger partial charge is 0.321 e. The maximum absolute atomic E-state index is 13.0. The Hall–Kier alpha value is -2.15. The van der Waals surface area contributed by atoms with Crippen LogP contribution in [0.15, 0.2) is 29.2 Å². The lowest BCUT2D eigenvalue weighted by atomic mass is 9.89. The number of nitrogens with one attached hydrogen (secondary N) is 1. The molecule has 1 aromatic carbocycles. The number of hydrogen-bond acceptors (Lipinski definition) is 4. The van der Waals surface area contributed by atoms with E-state index in [0.717, 1.165) is 24.1 Å². The van der Waals surface area contributed by atoms with Crippen molar-refractivity contribution < 1.29 is 13.2 Å². The maximum Gasteiger partial charge on any atom is 0.274 e. The second-order valence-electron chi connectivity index (χ2n) is 7.50. The Morgan fingerprint density at radius 3 is 2.59 bits per heavy atom. The fourth-order valence-electron chi connectivity index (χ4n) is 3.70. The van der Waals surface area contributed by atoms with Crippen molar-refractivity contribution in [3.8, 4) is 0 Å². The van der Waals surface area contributed by atoms with Crippen LogP contribution in [0.3, 0.4) is 0 Å². The standard InChI is InChI=1S/C20H27N3O3S/c1-14-15(2)22-23(13-16-8-5-4-6-9-16)19(14)20(24)21-17-10-7-11-18(12-17)27(3,25)26/h7,10-12,16H,4-6,8-9,13H2,1-3H3,(H,21,24). The molecule has 2 aromatic rings. The number of hydrogen-bond donors (Lipinski definition) is 1. The number of amides is 1. The van der Waals surface area contributed by atoms with Gasteiger partial charge in [0.05, 0.1) is 10.6 Å². The molecule has 0 radical (unpaired) electrons. The fraction of sp³-hybridized carbons (Fsp3) is 0.500. The zero-order valence-corrected chi connectivity index (χ0v) is 17.0. The Morgan fingerprint density at radius 2 is 1.93 bits per heavy atom. The first-order valence-electron chi connectivity index (χ1n) is 9.41. The zero-order chi connectivity index (χ0) is 19.6. The highest BCUT2D eigenvalue weighted by Gasteiger charge is 2.22. The maximum atomic E-state index is 13.0. The average molecular weight is 390 g/mol. The van der Waals surface area contributed by atoms with Crippen molar-refractivity contribution in [2.24, 2.45) is 5.92 Å². The molecule has 1 N–H and O–H groups in total. The van der Waals surface area contributed by atoms with Crippen LogP contribution in [0.2, 0.25) is 0 Å². The van der Waals surface area contributed by atoms with Crippen LogP contribution in [-0.2, 0) is 16.4 Å². The van der Waals surface area contributed by atoms with Crippen molar-refractivity contribution in [2.75, 3.05) is 11.6 Å². The second kappa shape index (κ2) is 7.84. The smallest absolute Gasteiger partial charge is 0.274 e. The van der Waals surface area contributed by atoms with Gasteiger partial charge in [0.25, 0.3) is 5.91 Å². The minimum Gasteiger partial charge on any atom is -0.321 e. The predicted octanol–water partition coefficient (Wildman–Crippen LogP) is 3.74. The van der Waals surface area contributed by atoms with Crippen molar-refractivity contribution in [2.45, 2.75) is 57.4 Å². The summed E-state index contributed by atoms with van der Waals surface area (Å²) in [6, 6.07) is 6.32. The molecule has 0 saturated heterocycles. The van der Waals surface area contributed by atoms with Gasteiger partial charge in [-0.1, -0.05) is 25.3 Å². The summed E-state index contributed by atoms with van der Waals surface area (Å²) in [4.78, 5) is 13.1. The molecule has 0 bridgehead atoms. The van der Waals surface area contributed by atoms with Crippen molar-refractivity contribution in [1.82, 2.24) is 9.78 Å². The monoisotopic (exact) mass is 389 g/mol. The molecule has 1 amide bonds. The molecule has 6 nitrogen and oxygen atoms in total. The third-order valence-electron chi connectivity index (χ3n) is 5.32.